The van der Waals surface area contributed by atoms with Crippen molar-refractivity contribution < 1.29 is 14.3 Å². The Balaban J connectivity index is 1.74. The first kappa shape index (κ1) is 20.4. The van der Waals surface area contributed by atoms with Crippen LogP contribution in [0.5, 0.6) is 11.5 Å². The zero-order valence-corrected chi connectivity index (χ0v) is 17.2. The maximum absolute atomic E-state index is 12.4. The van der Waals surface area contributed by atoms with Gasteiger partial charge in [-0.3, -0.25) is 4.79 Å². The summed E-state index contributed by atoms with van der Waals surface area (Å²) < 4.78 is 11.6. The monoisotopic (exact) mass is 390 g/mol. The van der Waals surface area contributed by atoms with Gasteiger partial charge >= 0.3 is 0 Å². The van der Waals surface area contributed by atoms with Gasteiger partial charge in [0.25, 0.3) is 5.91 Å². The summed E-state index contributed by atoms with van der Waals surface area (Å²) in [7, 11) is 0. The van der Waals surface area contributed by atoms with Crippen molar-refractivity contribution in [1.82, 2.24) is 5.43 Å². The zero-order valence-electron chi connectivity index (χ0n) is 17.2. The Morgan fingerprint density at radius 1 is 0.897 bits per heavy atom. The number of nitrogens with one attached hydrogen (secondary N) is 1. The number of carbonyl (C=O) groups excluding carboxylic acids is 1. The van der Waals surface area contributed by atoms with Gasteiger partial charge < -0.3 is 9.47 Å². The van der Waals surface area contributed by atoms with Crippen molar-refractivity contribution in [3.8, 4) is 11.5 Å². The molecule has 0 saturated heterocycles. The lowest BCUT2D eigenvalue weighted by atomic mass is 10.1. The number of amides is 1. The third kappa shape index (κ3) is 5.57. The van der Waals surface area contributed by atoms with Gasteiger partial charge in [0.15, 0.2) is 0 Å². The van der Waals surface area contributed by atoms with E-state index in [0.717, 1.165) is 22.1 Å². The fourth-order valence-electron chi connectivity index (χ4n) is 2.88. The molecule has 0 heterocycles. The molecule has 0 atom stereocenters. The number of fused-ring (bicyclic) bond motifs is 1. The van der Waals surface area contributed by atoms with E-state index in [9.17, 15) is 4.79 Å². The van der Waals surface area contributed by atoms with Crippen LogP contribution in [0.1, 0.15) is 43.6 Å². The number of benzene rings is 3. The smallest absolute Gasteiger partial charge is 0.271 e. The highest BCUT2D eigenvalue weighted by Crippen LogP contribution is 2.25. The van der Waals surface area contributed by atoms with Crippen molar-refractivity contribution in [2.45, 2.75) is 39.9 Å². The molecule has 0 aliphatic carbocycles. The summed E-state index contributed by atoms with van der Waals surface area (Å²) in [6, 6.07) is 19.0. The average Bonchev–Trinajstić information content (AvgIpc) is 2.68. The quantitative estimate of drug-likeness (QED) is 0.447. The second-order valence-electron chi connectivity index (χ2n) is 7.29. The van der Waals surface area contributed by atoms with Crippen molar-refractivity contribution in [2.75, 3.05) is 0 Å². The van der Waals surface area contributed by atoms with Gasteiger partial charge in [0, 0.05) is 17.2 Å². The van der Waals surface area contributed by atoms with Crippen LogP contribution >= 0.6 is 0 Å². The number of ether oxygens (including phenoxy) is 2. The third-order valence-electron chi connectivity index (χ3n) is 4.10. The Labute approximate surface area is 171 Å². The van der Waals surface area contributed by atoms with Crippen LogP contribution in [0.25, 0.3) is 10.8 Å². The van der Waals surface area contributed by atoms with Crippen LogP contribution in [0.15, 0.2) is 65.8 Å². The summed E-state index contributed by atoms with van der Waals surface area (Å²) in [5.41, 5.74) is 3.90. The van der Waals surface area contributed by atoms with Crippen molar-refractivity contribution in [3.63, 3.8) is 0 Å². The largest absolute Gasteiger partial charge is 0.491 e. The molecule has 0 unspecified atom stereocenters. The van der Waals surface area contributed by atoms with E-state index < -0.39 is 0 Å². The van der Waals surface area contributed by atoms with E-state index in [-0.39, 0.29) is 18.1 Å². The van der Waals surface area contributed by atoms with E-state index in [1.54, 1.807) is 12.3 Å². The molecule has 0 radical (unpaired) electrons. The summed E-state index contributed by atoms with van der Waals surface area (Å²) in [5, 5.41) is 6.21. The summed E-state index contributed by atoms with van der Waals surface area (Å²) in [6.07, 6.45) is 1.65. The Bertz CT molecular complexity index is 1030. The predicted molar refractivity (Wildman–Crippen MR) is 117 cm³/mol. The molecular formula is C24H26N2O3. The summed E-state index contributed by atoms with van der Waals surface area (Å²) in [5.74, 6) is 1.12. The van der Waals surface area contributed by atoms with Crippen LogP contribution < -0.4 is 14.9 Å². The lowest BCUT2D eigenvalue weighted by molar-refractivity contribution is 0.0955. The molecule has 1 N–H and O–H groups in total. The van der Waals surface area contributed by atoms with Gasteiger partial charge in [0.05, 0.1) is 18.4 Å². The average molecular weight is 390 g/mol. The first-order valence-electron chi connectivity index (χ1n) is 9.72. The highest BCUT2D eigenvalue weighted by atomic mass is 16.5. The molecule has 3 rings (SSSR count). The summed E-state index contributed by atoms with van der Waals surface area (Å²) >= 11 is 0. The minimum Gasteiger partial charge on any atom is -0.491 e. The molecule has 0 spiro atoms. The molecule has 0 saturated carbocycles. The van der Waals surface area contributed by atoms with Crippen LogP contribution in [-0.2, 0) is 0 Å². The van der Waals surface area contributed by atoms with Gasteiger partial charge in [-0.05, 0) is 62.7 Å². The molecule has 150 valence electrons. The Morgan fingerprint density at radius 3 is 2.34 bits per heavy atom. The molecular weight excluding hydrogens is 364 g/mol. The van der Waals surface area contributed by atoms with E-state index in [2.05, 4.69) is 10.5 Å². The number of rotatable bonds is 7. The maximum Gasteiger partial charge on any atom is 0.271 e. The number of hydrogen-bond acceptors (Lipinski definition) is 4. The molecule has 1 amide bonds. The molecule has 29 heavy (non-hydrogen) atoms. The normalized spacial score (nSPS) is 11.4. The topological polar surface area (TPSA) is 59.9 Å². The number of hydrazone groups is 1. The second kappa shape index (κ2) is 9.24. The highest BCUT2D eigenvalue weighted by Gasteiger charge is 2.09. The molecule has 5 nitrogen and oxygen atoms in total. The number of hydrogen-bond donors (Lipinski definition) is 1. The van der Waals surface area contributed by atoms with Gasteiger partial charge in [-0.25, -0.2) is 5.43 Å². The van der Waals surface area contributed by atoms with E-state index in [4.69, 9.17) is 9.47 Å². The summed E-state index contributed by atoms with van der Waals surface area (Å²) in [4.78, 5) is 12.4. The number of carbonyl (C=O) groups is 1. The fourth-order valence-corrected chi connectivity index (χ4v) is 2.88. The molecule has 5 heteroatoms. The van der Waals surface area contributed by atoms with Crippen molar-refractivity contribution in [2.24, 2.45) is 5.10 Å². The molecule has 3 aromatic rings. The van der Waals surface area contributed by atoms with Crippen molar-refractivity contribution >= 4 is 22.9 Å². The van der Waals surface area contributed by atoms with E-state index in [1.807, 2.05) is 82.3 Å². The number of nitrogens with zero attached hydrogens (tertiary/aromatic N) is 1. The Morgan fingerprint density at radius 2 is 1.62 bits per heavy atom. The molecule has 0 aliphatic rings. The molecule has 0 aliphatic heterocycles. The van der Waals surface area contributed by atoms with Crippen molar-refractivity contribution in [1.29, 1.82) is 0 Å². The van der Waals surface area contributed by atoms with Gasteiger partial charge in [0.1, 0.15) is 11.5 Å². The maximum atomic E-state index is 12.4. The standard InChI is InChI=1S/C24H26N2O3/c1-16(2)28-22-12-11-21(23(14-22)29-17(3)4)15-25-26-24(27)20-10-9-18-7-5-6-8-19(18)13-20/h5-17H,1-4H3,(H,26,27)/b25-15-. The first-order chi connectivity index (χ1) is 13.9. The third-order valence-corrected chi connectivity index (χ3v) is 4.10. The molecule has 0 fully saturated rings. The molecule has 0 aromatic heterocycles. The molecule has 3 aromatic carbocycles. The van der Waals surface area contributed by atoms with Gasteiger partial charge in [-0.15, -0.1) is 0 Å². The lowest BCUT2D eigenvalue weighted by Gasteiger charge is -2.15. The highest BCUT2D eigenvalue weighted by molar-refractivity contribution is 5.99. The second-order valence-corrected chi connectivity index (χ2v) is 7.29. The molecule has 0 bridgehead atoms. The van der Waals surface area contributed by atoms with Crippen LogP contribution in [0.3, 0.4) is 0 Å². The minimum absolute atomic E-state index is 0.00337. The van der Waals surface area contributed by atoms with Crippen LogP contribution in [-0.4, -0.2) is 24.3 Å². The Hall–Kier alpha value is -3.34. The van der Waals surface area contributed by atoms with Gasteiger partial charge in [-0.1, -0.05) is 30.3 Å². The van der Waals surface area contributed by atoms with Crippen LogP contribution in [0, 0.1) is 0 Å². The van der Waals surface area contributed by atoms with E-state index in [1.165, 1.54) is 0 Å². The van der Waals surface area contributed by atoms with Gasteiger partial charge in [0.2, 0.25) is 0 Å². The summed E-state index contributed by atoms with van der Waals surface area (Å²) in [6.45, 7) is 7.86. The fraction of sp³-hybridized carbons (Fsp3) is 0.250. The van der Waals surface area contributed by atoms with Crippen LogP contribution in [0.4, 0.5) is 0 Å². The zero-order chi connectivity index (χ0) is 20.8. The van der Waals surface area contributed by atoms with E-state index in [0.29, 0.717) is 11.3 Å². The minimum atomic E-state index is -0.266. The van der Waals surface area contributed by atoms with Crippen molar-refractivity contribution in [3.05, 3.63) is 71.8 Å². The van der Waals surface area contributed by atoms with Crippen LogP contribution in [0.2, 0.25) is 0 Å². The predicted octanol–water partition coefficient (Wildman–Crippen LogP) is 5.18. The Kier molecular flexibility index (Phi) is 6.50. The SMILES string of the molecule is CC(C)Oc1ccc(/C=N\NC(=O)c2ccc3ccccc3c2)c(OC(C)C)c1. The first-order valence-corrected chi connectivity index (χ1v) is 9.72. The lowest BCUT2D eigenvalue weighted by Crippen LogP contribution is -2.17. The van der Waals surface area contributed by atoms with Gasteiger partial charge in [-0.2, -0.15) is 5.10 Å². The van der Waals surface area contributed by atoms with E-state index >= 15 is 0 Å².